The van der Waals surface area contributed by atoms with Crippen LogP contribution in [-0.2, 0) is 22.6 Å². The number of benzene rings is 4. The Kier molecular flexibility index (Phi) is 15.9. The minimum absolute atomic E-state index is 0. The zero-order valence-electron chi connectivity index (χ0n) is 37.1. The number of nitrogens with one attached hydrogen (secondary N) is 1. The third-order valence-electron chi connectivity index (χ3n) is 12.0. The smallest absolute Gasteiger partial charge is 0.348 e. The molecule has 6 aromatic rings. The first-order chi connectivity index (χ1) is 31.8. The van der Waals surface area contributed by atoms with Gasteiger partial charge in [-0.3, -0.25) is 37.9 Å². The summed E-state index contributed by atoms with van der Waals surface area (Å²) in [6, 6.07) is 19.8. The molecule has 0 aliphatic heterocycles. The molecule has 0 radical (unpaired) electrons. The lowest BCUT2D eigenvalue weighted by Crippen LogP contribution is -2.35. The summed E-state index contributed by atoms with van der Waals surface area (Å²) in [5, 5.41) is 4.13. The number of hydrogen-bond donors (Lipinski definition) is 1. The molecule has 0 spiro atoms. The molecule has 0 saturated heterocycles. The van der Waals surface area contributed by atoms with E-state index >= 15 is 0 Å². The van der Waals surface area contributed by atoms with Crippen LogP contribution in [0.1, 0.15) is 114 Å². The molecule has 0 bridgehead atoms. The Hall–Kier alpha value is -6.45. The Morgan fingerprint density at radius 1 is 0.750 bits per heavy atom. The monoisotopic (exact) mass is 965 g/mol. The summed E-state index contributed by atoms with van der Waals surface area (Å²) in [4.78, 5) is 86.8. The first-order valence-electron chi connectivity index (χ1n) is 21.6. The molecule has 2 aliphatic carbocycles. The molecule has 2 aromatic heterocycles. The van der Waals surface area contributed by atoms with E-state index in [1.807, 2.05) is 19.1 Å². The molecule has 2 saturated carbocycles. The number of alkyl halides is 3. The van der Waals surface area contributed by atoms with Crippen molar-refractivity contribution in [2.24, 2.45) is 0 Å². The lowest BCUT2D eigenvalue weighted by molar-refractivity contribution is -0.123. The van der Waals surface area contributed by atoms with Crippen LogP contribution in [0.4, 0.5) is 13.2 Å². The Balaban J connectivity index is 0.000000221. The molecule has 68 heavy (non-hydrogen) atoms. The first kappa shape index (κ1) is 51.0. The fourth-order valence-corrected chi connectivity index (χ4v) is 9.34. The summed E-state index contributed by atoms with van der Waals surface area (Å²) >= 11 is 5.81. The topological polar surface area (TPSA) is 150 Å². The van der Waals surface area contributed by atoms with E-state index in [2.05, 4.69) is 28.4 Å². The lowest BCUT2D eigenvalue weighted by atomic mass is 9.90. The van der Waals surface area contributed by atoms with Crippen LogP contribution in [0, 0.1) is 20.8 Å². The van der Waals surface area contributed by atoms with Gasteiger partial charge in [0.05, 0.1) is 33.9 Å². The molecular weight excluding hydrogens is 915 g/mol. The van der Waals surface area contributed by atoms with Crippen LogP contribution in [0.5, 0.6) is 0 Å². The van der Waals surface area contributed by atoms with Crippen molar-refractivity contribution < 1.29 is 32.3 Å². The lowest BCUT2D eigenvalue weighted by Gasteiger charge is -2.26. The molecule has 1 amide bonds. The number of aromatic nitrogens is 4. The van der Waals surface area contributed by atoms with Crippen LogP contribution in [0.2, 0.25) is 5.02 Å². The largest absolute Gasteiger partial charge is 0.446 e. The molecule has 2 heterocycles. The maximum Gasteiger partial charge on any atom is 0.446 e. The van der Waals surface area contributed by atoms with Gasteiger partial charge < -0.3 is 5.32 Å². The predicted octanol–water partition coefficient (Wildman–Crippen LogP) is 11.1. The second kappa shape index (κ2) is 21.2. The van der Waals surface area contributed by atoms with E-state index < -0.39 is 23.5 Å². The van der Waals surface area contributed by atoms with Gasteiger partial charge in [-0.05, 0) is 136 Å². The maximum atomic E-state index is 13.5. The zero-order chi connectivity index (χ0) is 48.3. The van der Waals surface area contributed by atoms with Gasteiger partial charge in [0.2, 0.25) is 0 Å². The number of fused-ring (bicyclic) bond motifs is 2. The van der Waals surface area contributed by atoms with E-state index in [0.29, 0.717) is 81.7 Å². The molecule has 1 N–H and O–H groups in total. The maximum absolute atomic E-state index is 13.5. The van der Waals surface area contributed by atoms with Gasteiger partial charge in [-0.2, -0.15) is 13.2 Å². The molecular formula is C52H51ClF3N5O6S. The summed E-state index contributed by atoms with van der Waals surface area (Å²) in [6.45, 7) is 13.1. The fraction of sp³-hybridized carbons (Fsp3) is 0.308. The molecule has 8 rings (SSSR count). The molecule has 354 valence electrons. The third-order valence-corrected chi connectivity index (χ3v) is 13.2. The van der Waals surface area contributed by atoms with Gasteiger partial charge in [0.1, 0.15) is 11.6 Å². The van der Waals surface area contributed by atoms with Crippen molar-refractivity contribution in [1.29, 1.82) is 0 Å². The average Bonchev–Trinajstić information content (AvgIpc) is 3.26. The highest BCUT2D eigenvalue weighted by atomic mass is 35.5. The second-order valence-corrected chi connectivity index (χ2v) is 18.4. The molecule has 2 atom stereocenters. The van der Waals surface area contributed by atoms with Crippen LogP contribution in [-0.4, -0.2) is 47.9 Å². The molecule has 2 aliphatic rings. The van der Waals surface area contributed by atoms with Crippen LogP contribution in [0.3, 0.4) is 0 Å². The van der Waals surface area contributed by atoms with Crippen LogP contribution in [0.15, 0.2) is 118 Å². The number of aryl methyl sites for hydroxylation is 4. The van der Waals surface area contributed by atoms with Crippen molar-refractivity contribution >= 4 is 68.4 Å². The Morgan fingerprint density at radius 3 is 1.75 bits per heavy atom. The van der Waals surface area contributed by atoms with E-state index in [4.69, 9.17) is 11.6 Å². The SMILES string of the molecule is C.C=C1CCC(n2c(C)nc3cccc(CCC(=O)c4ccc(Cl)c(C)c4)c3c2=O)C(=O)C1.C=C1CCC(n2c(C)nc3cccc(CNC(=O)c4ccc(SC(F)(F)F)cc4)c3c2=O)C(=O)C1. The summed E-state index contributed by atoms with van der Waals surface area (Å²) < 4.78 is 40.5. The van der Waals surface area contributed by atoms with E-state index in [1.54, 1.807) is 56.3 Å². The van der Waals surface area contributed by atoms with Crippen molar-refractivity contribution in [3.63, 3.8) is 0 Å². The van der Waals surface area contributed by atoms with Gasteiger partial charge in [-0.25, -0.2) is 9.97 Å². The fourth-order valence-electron chi connectivity index (χ4n) is 8.69. The van der Waals surface area contributed by atoms with Gasteiger partial charge in [-0.15, -0.1) is 0 Å². The molecule has 2 fully saturated rings. The van der Waals surface area contributed by atoms with E-state index in [9.17, 15) is 41.9 Å². The van der Waals surface area contributed by atoms with Crippen molar-refractivity contribution in [2.75, 3.05) is 0 Å². The Morgan fingerprint density at radius 2 is 1.25 bits per heavy atom. The number of allylic oxidation sites excluding steroid dienone is 2. The van der Waals surface area contributed by atoms with Crippen LogP contribution < -0.4 is 16.4 Å². The Bertz CT molecular complexity index is 3130. The number of Topliss-reactive ketones (excluding diaryl/α,β-unsaturated/α-hetero) is 3. The number of ketones is 3. The first-order valence-corrected chi connectivity index (χ1v) is 22.8. The number of nitrogens with zero attached hydrogens (tertiary/aromatic N) is 4. The molecule has 11 nitrogen and oxygen atoms in total. The van der Waals surface area contributed by atoms with Gasteiger partial charge in [0.25, 0.3) is 17.0 Å². The summed E-state index contributed by atoms with van der Waals surface area (Å²) in [5.74, 6) is 0.378. The van der Waals surface area contributed by atoms with Gasteiger partial charge in [0, 0.05) is 46.9 Å². The highest BCUT2D eigenvalue weighted by Gasteiger charge is 2.31. The van der Waals surface area contributed by atoms with Crippen molar-refractivity contribution in [2.45, 2.75) is 109 Å². The normalized spacial score (nSPS) is 16.3. The van der Waals surface area contributed by atoms with Crippen LogP contribution in [0.25, 0.3) is 21.8 Å². The number of thioether (sulfide) groups is 1. The van der Waals surface area contributed by atoms with E-state index in [1.165, 1.54) is 33.4 Å². The quantitative estimate of drug-likeness (QED) is 0.0804. The third kappa shape index (κ3) is 11.4. The van der Waals surface area contributed by atoms with Gasteiger partial charge >= 0.3 is 5.51 Å². The van der Waals surface area contributed by atoms with Crippen molar-refractivity contribution in [1.82, 2.24) is 24.4 Å². The minimum atomic E-state index is -4.41. The van der Waals surface area contributed by atoms with Gasteiger partial charge in [-0.1, -0.05) is 67.6 Å². The summed E-state index contributed by atoms with van der Waals surface area (Å²) in [6.07, 6.45) is 3.60. The highest BCUT2D eigenvalue weighted by Crippen LogP contribution is 2.37. The van der Waals surface area contributed by atoms with Crippen LogP contribution >= 0.6 is 23.4 Å². The number of amides is 1. The Labute approximate surface area is 400 Å². The van der Waals surface area contributed by atoms with E-state index in [-0.39, 0.29) is 77.5 Å². The molecule has 2 unspecified atom stereocenters. The van der Waals surface area contributed by atoms with Crippen molar-refractivity contribution in [3.05, 3.63) is 168 Å². The number of carbonyl (C=O) groups is 4. The number of carbonyl (C=O) groups excluding carboxylic acids is 4. The minimum Gasteiger partial charge on any atom is -0.348 e. The zero-order valence-corrected chi connectivity index (χ0v) is 38.7. The molecule has 4 aromatic carbocycles. The van der Waals surface area contributed by atoms with E-state index in [0.717, 1.165) is 28.7 Å². The van der Waals surface area contributed by atoms with Crippen molar-refractivity contribution in [3.8, 4) is 0 Å². The number of halogens is 4. The number of hydrogen-bond acceptors (Lipinski definition) is 9. The predicted molar refractivity (Wildman–Crippen MR) is 261 cm³/mol. The summed E-state index contributed by atoms with van der Waals surface area (Å²) in [7, 11) is 0. The standard InChI is InChI=1S/C26H25ClN2O3.C25H22F3N3O3S.CH4/c1-15-7-11-22(24(31)13-15)29-17(3)28-21-6-4-5-18(25(21)26(29)32)9-12-23(30)19-8-10-20(27)16(2)14-19;1-14-6-11-20(21(32)12-14)31-15(2)30-19-5-3-4-17(22(19)24(31)34)13-29-23(33)16-7-9-18(10-8-16)35-25(26,27)28;/h4-6,8,10,14,22H,1,7,9,11-13H2,2-3H3;3-5,7-10,20H,1,6,11-13H2,2H3,(H,29,33);1H4. The molecule has 16 heteroatoms. The average molecular weight is 967 g/mol. The highest BCUT2D eigenvalue weighted by molar-refractivity contribution is 8.00. The van der Waals surface area contributed by atoms with Gasteiger partial charge in [0.15, 0.2) is 17.3 Å². The second-order valence-electron chi connectivity index (χ2n) is 16.8. The summed E-state index contributed by atoms with van der Waals surface area (Å²) in [5.41, 5.74) is 0.753. The number of rotatable bonds is 10.